The molecule has 0 spiro atoms. The van der Waals surface area contributed by atoms with E-state index in [9.17, 15) is 15.0 Å². The van der Waals surface area contributed by atoms with Crippen LogP contribution in [0.1, 0.15) is 41.0 Å². The van der Waals surface area contributed by atoms with E-state index in [0.717, 1.165) is 0 Å². The maximum absolute atomic E-state index is 12.2. The Morgan fingerprint density at radius 1 is 1.31 bits per heavy atom. The average molecular weight is 388 g/mol. The quantitative estimate of drug-likeness (QED) is 0.232. The zero-order valence-electron chi connectivity index (χ0n) is 17.3. The molecule has 0 aromatic rings. The molecule has 1 aliphatic heterocycles. The summed E-state index contributed by atoms with van der Waals surface area (Å²) in [6, 6.07) is -0.177. The molecule has 3 unspecified atom stereocenters. The highest BCUT2D eigenvalue weighted by Gasteiger charge is 2.50. The Balaban J connectivity index is 2.70. The summed E-state index contributed by atoms with van der Waals surface area (Å²) in [5.41, 5.74) is 0. The van der Waals surface area contributed by atoms with Crippen molar-refractivity contribution in [2.75, 3.05) is 6.61 Å². The third kappa shape index (κ3) is 5.63. The van der Waals surface area contributed by atoms with Gasteiger partial charge in [-0.2, -0.15) is 0 Å². The van der Waals surface area contributed by atoms with E-state index in [-0.39, 0.29) is 48.0 Å². The van der Waals surface area contributed by atoms with E-state index >= 15 is 0 Å². The van der Waals surface area contributed by atoms with E-state index in [2.05, 4.69) is 45.8 Å². The van der Waals surface area contributed by atoms with Crippen LogP contribution in [0.5, 0.6) is 0 Å². The Morgan fingerprint density at radius 3 is 2.35 bits per heavy atom. The molecular formula is C19H37NO5Si. The van der Waals surface area contributed by atoms with Crippen LogP contribution in [-0.2, 0) is 14.0 Å². The van der Waals surface area contributed by atoms with Crippen LogP contribution in [0, 0.1) is 11.8 Å². The van der Waals surface area contributed by atoms with E-state index in [1.807, 2.05) is 13.8 Å². The van der Waals surface area contributed by atoms with E-state index < -0.39 is 20.7 Å². The summed E-state index contributed by atoms with van der Waals surface area (Å²) in [6.07, 6.45) is -0.429. The number of carbonyl (C=O) groups is 1. The largest absolute Gasteiger partial charge is 0.413 e. The molecule has 3 N–H and O–H groups in total. The van der Waals surface area contributed by atoms with Crippen molar-refractivity contribution in [2.24, 2.45) is 11.8 Å². The van der Waals surface area contributed by atoms with Crippen molar-refractivity contribution in [3.05, 3.63) is 12.7 Å². The minimum absolute atomic E-state index is 0.0382. The van der Waals surface area contributed by atoms with E-state index in [1.165, 1.54) is 0 Å². The Morgan fingerprint density at radius 2 is 1.88 bits per heavy atom. The van der Waals surface area contributed by atoms with Crippen molar-refractivity contribution in [1.82, 2.24) is 5.32 Å². The molecule has 1 fully saturated rings. The molecule has 0 aromatic carbocycles. The topological polar surface area (TPSA) is 88.0 Å². The van der Waals surface area contributed by atoms with Gasteiger partial charge in [0.2, 0.25) is 5.91 Å². The lowest BCUT2D eigenvalue weighted by Crippen LogP contribution is -2.67. The number of rotatable bonds is 10. The molecule has 1 saturated heterocycles. The lowest BCUT2D eigenvalue weighted by Gasteiger charge is -2.48. The van der Waals surface area contributed by atoms with Gasteiger partial charge in [0.15, 0.2) is 14.6 Å². The fraction of sp³-hybridized carbons (Fsp3) is 0.842. The number of nitrogens with one attached hydrogen (secondary N) is 1. The first-order valence-corrected chi connectivity index (χ1v) is 12.3. The van der Waals surface area contributed by atoms with Gasteiger partial charge in [-0.1, -0.05) is 33.8 Å². The predicted molar refractivity (Wildman–Crippen MR) is 105 cm³/mol. The van der Waals surface area contributed by atoms with Crippen molar-refractivity contribution in [3.8, 4) is 0 Å². The Hall–Kier alpha value is -0.733. The average Bonchev–Trinajstić information content (AvgIpc) is 2.47. The molecule has 0 saturated carbocycles. The molecule has 0 aliphatic carbocycles. The smallest absolute Gasteiger partial charge is 0.228 e. The van der Waals surface area contributed by atoms with Crippen molar-refractivity contribution in [1.29, 1.82) is 0 Å². The molecule has 1 aliphatic rings. The third-order valence-electron chi connectivity index (χ3n) is 5.81. The van der Waals surface area contributed by atoms with Crippen molar-refractivity contribution in [3.63, 3.8) is 0 Å². The number of aliphatic hydroxyl groups is 2. The highest BCUT2D eigenvalue weighted by Crippen LogP contribution is 2.39. The second-order valence-electron chi connectivity index (χ2n) is 8.88. The van der Waals surface area contributed by atoms with Gasteiger partial charge in [0.05, 0.1) is 24.7 Å². The highest BCUT2D eigenvalue weighted by molar-refractivity contribution is 6.74. The van der Waals surface area contributed by atoms with Crippen LogP contribution in [0.25, 0.3) is 0 Å². The minimum Gasteiger partial charge on any atom is -0.413 e. The van der Waals surface area contributed by atoms with E-state index in [0.29, 0.717) is 0 Å². The summed E-state index contributed by atoms with van der Waals surface area (Å²) in [6.45, 7) is 18.4. The van der Waals surface area contributed by atoms with Crippen LogP contribution in [0.15, 0.2) is 12.7 Å². The van der Waals surface area contributed by atoms with Crippen LogP contribution < -0.4 is 5.32 Å². The van der Waals surface area contributed by atoms with Gasteiger partial charge in [0, 0.05) is 18.4 Å². The molecule has 6 nitrogen and oxygen atoms in total. The van der Waals surface area contributed by atoms with Gasteiger partial charge in [-0.25, -0.2) is 0 Å². The summed E-state index contributed by atoms with van der Waals surface area (Å²) >= 11 is 0. The summed E-state index contributed by atoms with van der Waals surface area (Å²) in [7, 11) is -1.99. The first-order valence-electron chi connectivity index (χ1n) is 9.38. The SMILES string of the molecule is C=CCOC(O)CC(O)C(C)[C@H]1NC(=O)[C@@H]1[C@@H](C)O[Si](C)(C)C(C)(C)C. The Labute approximate surface area is 159 Å². The molecule has 0 aromatic heterocycles. The second kappa shape index (κ2) is 8.97. The number of aliphatic hydroxyl groups excluding tert-OH is 2. The van der Waals surface area contributed by atoms with Crippen LogP contribution in [0.2, 0.25) is 18.1 Å². The molecule has 1 rings (SSSR count). The molecule has 7 heteroatoms. The first kappa shape index (κ1) is 23.3. The Bertz CT molecular complexity index is 491. The Kier molecular flexibility index (Phi) is 8.04. The van der Waals surface area contributed by atoms with Gasteiger partial charge < -0.3 is 24.7 Å². The molecule has 1 amide bonds. The summed E-state index contributed by atoms with van der Waals surface area (Å²) in [5.74, 6) is -0.547. The van der Waals surface area contributed by atoms with Gasteiger partial charge in [-0.3, -0.25) is 4.79 Å². The van der Waals surface area contributed by atoms with Gasteiger partial charge in [-0.15, -0.1) is 6.58 Å². The number of β-lactam (4-membered cyclic amide) rings is 1. The number of hydrogen-bond donors (Lipinski definition) is 3. The van der Waals surface area contributed by atoms with E-state index in [4.69, 9.17) is 9.16 Å². The van der Waals surface area contributed by atoms with Crippen LogP contribution >= 0.6 is 0 Å². The number of ether oxygens (including phenoxy) is 1. The summed E-state index contributed by atoms with van der Waals surface area (Å²) in [4.78, 5) is 12.2. The van der Waals surface area contributed by atoms with Gasteiger partial charge in [0.25, 0.3) is 0 Å². The second-order valence-corrected chi connectivity index (χ2v) is 13.6. The molecule has 0 bridgehead atoms. The maximum atomic E-state index is 12.2. The standard InChI is InChI=1S/C19H37NO5Si/c1-9-10-24-15(22)11-14(21)12(2)17-16(18(23)20-17)13(3)25-26(7,8)19(4,5)6/h9,12-17,21-22H,1,10-11H2,2-8H3,(H,20,23)/t12?,13-,14?,15?,16-,17-/m1/s1. The van der Waals surface area contributed by atoms with Crippen LogP contribution in [0.3, 0.4) is 0 Å². The van der Waals surface area contributed by atoms with E-state index in [1.54, 1.807) is 6.08 Å². The lowest BCUT2D eigenvalue weighted by molar-refractivity contribution is -0.147. The third-order valence-corrected chi connectivity index (χ3v) is 10.4. The summed E-state index contributed by atoms with van der Waals surface area (Å²) < 4.78 is 11.5. The zero-order valence-corrected chi connectivity index (χ0v) is 18.3. The maximum Gasteiger partial charge on any atom is 0.228 e. The fourth-order valence-electron chi connectivity index (χ4n) is 3.00. The highest BCUT2D eigenvalue weighted by atomic mass is 28.4. The molecule has 6 atom stereocenters. The molecule has 0 radical (unpaired) electrons. The molecule has 152 valence electrons. The van der Waals surface area contributed by atoms with Gasteiger partial charge in [0.1, 0.15) is 0 Å². The zero-order chi connectivity index (χ0) is 20.3. The number of hydrogen-bond acceptors (Lipinski definition) is 5. The van der Waals surface area contributed by atoms with Gasteiger partial charge >= 0.3 is 0 Å². The minimum atomic E-state index is -1.99. The molecule has 1 heterocycles. The predicted octanol–water partition coefficient (Wildman–Crippen LogP) is 2.42. The van der Waals surface area contributed by atoms with Crippen molar-refractivity contribution in [2.45, 2.75) is 83.7 Å². The van der Waals surface area contributed by atoms with Crippen LogP contribution in [-0.4, -0.2) is 55.6 Å². The summed E-state index contributed by atoms with van der Waals surface area (Å²) in [5, 5.41) is 23.2. The van der Waals surface area contributed by atoms with Crippen molar-refractivity contribution >= 4 is 14.2 Å². The fourth-order valence-corrected chi connectivity index (χ4v) is 4.43. The molecular weight excluding hydrogens is 350 g/mol. The van der Waals surface area contributed by atoms with Crippen LogP contribution in [0.4, 0.5) is 0 Å². The lowest BCUT2D eigenvalue weighted by atomic mass is 9.76. The monoisotopic (exact) mass is 387 g/mol. The normalized spacial score (nSPS) is 25.7. The number of amides is 1. The first-order chi connectivity index (χ1) is 11.8. The van der Waals surface area contributed by atoms with Gasteiger partial charge in [-0.05, 0) is 25.1 Å². The van der Waals surface area contributed by atoms with Crippen molar-refractivity contribution < 1.29 is 24.2 Å². The molecule has 26 heavy (non-hydrogen) atoms. The number of carbonyl (C=O) groups excluding carboxylic acids is 1.